The summed E-state index contributed by atoms with van der Waals surface area (Å²) >= 11 is 0. The van der Waals surface area contributed by atoms with Crippen molar-refractivity contribution < 1.29 is 4.43 Å². The normalized spacial score (nSPS) is 14.0. The lowest BCUT2D eigenvalue weighted by molar-refractivity contribution is 0.195. The highest BCUT2D eigenvalue weighted by Gasteiger charge is 2.39. The van der Waals surface area contributed by atoms with Gasteiger partial charge in [-0.15, -0.1) is 0 Å². The minimum absolute atomic E-state index is 0.0242. The Labute approximate surface area is 130 Å². The third-order valence-corrected chi connectivity index (χ3v) is 8.75. The summed E-state index contributed by atoms with van der Waals surface area (Å²) in [5.41, 5.74) is 1.14. The summed E-state index contributed by atoms with van der Waals surface area (Å²) in [5.74, 6) is 0.907. The Balaban J connectivity index is 2.88. The molecule has 4 nitrogen and oxygen atoms in total. The fourth-order valence-corrected chi connectivity index (χ4v) is 3.10. The Hall–Kier alpha value is -0.943. The summed E-state index contributed by atoms with van der Waals surface area (Å²) in [6.45, 7) is 15.7. The largest absolute Gasteiger partial charge is 0.397 e. The summed E-state index contributed by atoms with van der Waals surface area (Å²) in [5, 5.41) is 3.70. The lowest BCUT2D eigenvalue weighted by Gasteiger charge is -2.39. The van der Waals surface area contributed by atoms with Crippen LogP contribution in [0.4, 0.5) is 5.82 Å². The van der Waals surface area contributed by atoms with E-state index < -0.39 is 8.32 Å². The predicted octanol–water partition coefficient (Wildman–Crippen LogP) is 4.60. The highest BCUT2D eigenvalue weighted by molar-refractivity contribution is 6.74. The first-order valence-electron chi connectivity index (χ1n) is 7.94. The molecule has 0 radical (unpaired) electrons. The number of aromatic nitrogens is 2. The van der Waals surface area contributed by atoms with Crippen LogP contribution in [-0.4, -0.2) is 24.5 Å². The van der Waals surface area contributed by atoms with E-state index in [9.17, 15) is 0 Å². The summed E-state index contributed by atoms with van der Waals surface area (Å²) in [4.78, 5) is 8.48. The van der Waals surface area contributed by atoms with Gasteiger partial charge in [0.2, 0.25) is 0 Å². The lowest BCUT2D eigenvalue weighted by atomic mass is 10.2. The molecule has 1 aromatic heterocycles. The molecule has 1 aromatic rings. The second-order valence-corrected chi connectivity index (χ2v) is 11.8. The monoisotopic (exact) mass is 309 g/mol. The third-order valence-electron chi connectivity index (χ3n) is 4.26. The van der Waals surface area contributed by atoms with E-state index in [1.54, 1.807) is 6.33 Å². The molecule has 1 unspecified atom stereocenters. The first kappa shape index (κ1) is 18.1. The van der Waals surface area contributed by atoms with Crippen molar-refractivity contribution >= 4 is 14.1 Å². The maximum atomic E-state index is 6.51. The van der Waals surface area contributed by atoms with Crippen LogP contribution in [0.25, 0.3) is 0 Å². The van der Waals surface area contributed by atoms with E-state index in [-0.39, 0.29) is 11.3 Å². The van der Waals surface area contributed by atoms with Gasteiger partial charge in [0.05, 0.1) is 0 Å². The first-order valence-corrected chi connectivity index (χ1v) is 10.8. The average Bonchev–Trinajstić information content (AvgIpc) is 2.37. The number of hydrogen-bond donors (Lipinski definition) is 1. The van der Waals surface area contributed by atoms with Crippen LogP contribution in [-0.2, 0) is 10.8 Å². The molecule has 120 valence electrons. The van der Waals surface area contributed by atoms with Gasteiger partial charge in [-0.05, 0) is 31.0 Å². The molecule has 0 aromatic carbocycles. The van der Waals surface area contributed by atoms with Gasteiger partial charge in [-0.1, -0.05) is 41.0 Å². The fourth-order valence-electron chi connectivity index (χ4n) is 1.85. The van der Waals surface area contributed by atoms with Crippen molar-refractivity contribution in [2.45, 2.75) is 78.2 Å². The van der Waals surface area contributed by atoms with Crippen LogP contribution < -0.4 is 5.32 Å². The molecule has 1 rings (SSSR count). The van der Waals surface area contributed by atoms with Gasteiger partial charge in [0.25, 0.3) is 0 Å². The lowest BCUT2D eigenvalue weighted by Crippen LogP contribution is -2.46. The van der Waals surface area contributed by atoms with Crippen molar-refractivity contribution in [1.82, 2.24) is 9.97 Å². The molecule has 1 atom stereocenters. The van der Waals surface area contributed by atoms with E-state index in [1.165, 1.54) is 0 Å². The van der Waals surface area contributed by atoms with E-state index in [1.807, 2.05) is 6.20 Å². The molecular formula is C16H31N3OSi. The summed E-state index contributed by atoms with van der Waals surface area (Å²) in [6, 6.07) is 0. The molecule has 0 aliphatic rings. The van der Waals surface area contributed by atoms with E-state index in [4.69, 9.17) is 4.43 Å². The van der Waals surface area contributed by atoms with Gasteiger partial charge in [-0.25, -0.2) is 9.97 Å². The molecule has 0 spiro atoms. The average molecular weight is 310 g/mol. The van der Waals surface area contributed by atoms with Crippen molar-refractivity contribution in [3.63, 3.8) is 0 Å². The van der Waals surface area contributed by atoms with Gasteiger partial charge in [0.15, 0.2) is 8.32 Å². The Morgan fingerprint density at radius 3 is 2.48 bits per heavy atom. The molecule has 0 aliphatic carbocycles. The number of aryl methyl sites for hydroxylation is 1. The van der Waals surface area contributed by atoms with Gasteiger partial charge >= 0.3 is 0 Å². The van der Waals surface area contributed by atoms with Gasteiger partial charge in [-0.3, -0.25) is 0 Å². The van der Waals surface area contributed by atoms with E-state index in [0.29, 0.717) is 0 Å². The molecule has 0 bridgehead atoms. The number of hydrogen-bond acceptors (Lipinski definition) is 4. The zero-order valence-corrected chi connectivity index (χ0v) is 15.7. The maximum absolute atomic E-state index is 6.51. The van der Waals surface area contributed by atoms with E-state index >= 15 is 0 Å². The molecule has 0 aliphatic heterocycles. The minimum Gasteiger partial charge on any atom is -0.397 e. The van der Waals surface area contributed by atoms with E-state index in [2.05, 4.69) is 63.0 Å². The number of rotatable bonds is 7. The van der Waals surface area contributed by atoms with Crippen molar-refractivity contribution in [2.75, 3.05) is 5.32 Å². The topological polar surface area (TPSA) is 47.0 Å². The molecule has 1 N–H and O–H groups in total. The molecular weight excluding hydrogens is 278 g/mol. The predicted molar refractivity (Wildman–Crippen MR) is 92.0 cm³/mol. The van der Waals surface area contributed by atoms with Gasteiger partial charge in [0, 0.05) is 11.8 Å². The first-order chi connectivity index (χ1) is 9.71. The molecule has 21 heavy (non-hydrogen) atoms. The number of nitrogens with zero attached hydrogens (tertiary/aromatic N) is 2. The van der Waals surface area contributed by atoms with Crippen LogP contribution in [0.2, 0.25) is 18.1 Å². The van der Waals surface area contributed by atoms with Crippen molar-refractivity contribution in [3.8, 4) is 0 Å². The SMILES string of the molecule is CCCC(Nc1ncncc1CC)O[Si](C)(C)C(C)(C)C. The van der Waals surface area contributed by atoms with Crippen LogP contribution in [0.1, 0.15) is 53.0 Å². The van der Waals surface area contributed by atoms with Crippen molar-refractivity contribution in [2.24, 2.45) is 0 Å². The molecule has 0 saturated heterocycles. The summed E-state index contributed by atoms with van der Waals surface area (Å²) in [7, 11) is -1.79. The van der Waals surface area contributed by atoms with Gasteiger partial charge in [-0.2, -0.15) is 0 Å². The van der Waals surface area contributed by atoms with Crippen molar-refractivity contribution in [3.05, 3.63) is 18.1 Å². The second kappa shape index (κ2) is 7.36. The molecule has 0 fully saturated rings. The highest BCUT2D eigenvalue weighted by atomic mass is 28.4. The summed E-state index contributed by atoms with van der Waals surface area (Å²) < 4.78 is 6.51. The quantitative estimate of drug-likeness (QED) is 0.590. The standard InChI is InChI=1S/C16H31N3OSi/c1-8-10-14(20-21(6,7)16(3,4)5)19-15-13(9-2)11-17-12-18-15/h11-12,14H,8-10H2,1-7H3,(H,17,18,19). The zero-order valence-electron chi connectivity index (χ0n) is 14.7. The van der Waals surface area contributed by atoms with Crippen LogP contribution >= 0.6 is 0 Å². The molecule has 5 heteroatoms. The summed E-state index contributed by atoms with van der Waals surface area (Å²) in [6.07, 6.45) is 6.48. The Bertz CT molecular complexity index is 443. The number of anilines is 1. The highest BCUT2D eigenvalue weighted by Crippen LogP contribution is 2.37. The fraction of sp³-hybridized carbons (Fsp3) is 0.750. The Kier molecular flexibility index (Phi) is 6.35. The van der Waals surface area contributed by atoms with Crippen LogP contribution in [0.3, 0.4) is 0 Å². The molecule has 0 amide bonds. The second-order valence-electron chi connectivity index (χ2n) is 7.05. The van der Waals surface area contributed by atoms with Gasteiger partial charge in [0.1, 0.15) is 18.4 Å². The molecule has 1 heterocycles. The Morgan fingerprint density at radius 2 is 1.95 bits per heavy atom. The van der Waals surface area contributed by atoms with E-state index in [0.717, 1.165) is 30.6 Å². The molecule has 0 saturated carbocycles. The van der Waals surface area contributed by atoms with Gasteiger partial charge < -0.3 is 9.74 Å². The third kappa shape index (κ3) is 5.07. The van der Waals surface area contributed by atoms with Crippen LogP contribution in [0, 0.1) is 0 Å². The van der Waals surface area contributed by atoms with Crippen LogP contribution in [0.5, 0.6) is 0 Å². The van der Waals surface area contributed by atoms with Crippen LogP contribution in [0.15, 0.2) is 12.5 Å². The maximum Gasteiger partial charge on any atom is 0.194 e. The Morgan fingerprint density at radius 1 is 1.29 bits per heavy atom. The number of nitrogens with one attached hydrogen (secondary N) is 1. The smallest absolute Gasteiger partial charge is 0.194 e. The zero-order chi connectivity index (χ0) is 16.1. The minimum atomic E-state index is -1.79. The van der Waals surface area contributed by atoms with Crippen molar-refractivity contribution in [1.29, 1.82) is 0 Å².